The molecule has 8 heteroatoms. The van der Waals surface area contributed by atoms with Crippen LogP contribution in [0.2, 0.25) is 0 Å². The molecular weight excluding hydrogens is 388 g/mol. The summed E-state index contributed by atoms with van der Waals surface area (Å²) in [4.78, 5) is 17.1. The van der Waals surface area contributed by atoms with Gasteiger partial charge in [0.2, 0.25) is 0 Å². The Kier molecular flexibility index (Phi) is 4.82. The average molecular weight is 413 g/mol. The maximum Gasteiger partial charge on any atom is 0.251 e. The van der Waals surface area contributed by atoms with Gasteiger partial charge in [0, 0.05) is 18.3 Å². The highest BCUT2D eigenvalue weighted by Crippen LogP contribution is 2.23. The van der Waals surface area contributed by atoms with Crippen molar-refractivity contribution in [1.82, 2.24) is 14.9 Å². The number of benzene rings is 2. The van der Waals surface area contributed by atoms with Gasteiger partial charge in [0.05, 0.1) is 34.6 Å². The van der Waals surface area contributed by atoms with Crippen molar-refractivity contribution in [1.29, 1.82) is 0 Å². The molecule has 1 aromatic heterocycles. The quantitative estimate of drug-likeness (QED) is 0.672. The Bertz CT molecular complexity index is 1170. The van der Waals surface area contributed by atoms with Crippen LogP contribution in [0.5, 0.6) is 0 Å². The first-order valence-corrected chi connectivity index (χ1v) is 11.3. The Hall–Kier alpha value is -2.87. The summed E-state index contributed by atoms with van der Waals surface area (Å²) in [6.45, 7) is 2.34. The summed E-state index contributed by atoms with van der Waals surface area (Å²) in [5, 5.41) is 6.20. The zero-order valence-electron chi connectivity index (χ0n) is 16.5. The normalized spacial score (nSPS) is 20.6. The summed E-state index contributed by atoms with van der Waals surface area (Å²) in [5.41, 5.74) is 2.72. The van der Waals surface area contributed by atoms with Gasteiger partial charge in [-0.15, -0.1) is 0 Å². The first-order valence-electron chi connectivity index (χ1n) is 9.52. The Labute approximate surface area is 170 Å². The summed E-state index contributed by atoms with van der Waals surface area (Å²) in [6.07, 6.45) is 0.443. The molecule has 0 radical (unpaired) electrons. The van der Waals surface area contributed by atoms with Gasteiger partial charge in [-0.25, -0.2) is 13.4 Å². The van der Waals surface area contributed by atoms with Gasteiger partial charge in [-0.3, -0.25) is 4.79 Å². The van der Waals surface area contributed by atoms with Gasteiger partial charge in [0.1, 0.15) is 5.82 Å². The number of aryl methyl sites for hydroxylation is 1. The van der Waals surface area contributed by atoms with E-state index < -0.39 is 15.4 Å². The molecule has 1 saturated heterocycles. The number of imidazole rings is 1. The molecule has 152 valence electrons. The summed E-state index contributed by atoms with van der Waals surface area (Å²) in [6, 6.07) is 15.1. The number of rotatable bonds is 5. The van der Waals surface area contributed by atoms with Gasteiger partial charge >= 0.3 is 0 Å². The molecule has 1 atom stereocenters. The van der Waals surface area contributed by atoms with E-state index in [9.17, 15) is 13.2 Å². The number of para-hydroxylation sites is 2. The smallest absolute Gasteiger partial charge is 0.251 e. The van der Waals surface area contributed by atoms with Gasteiger partial charge in [0.25, 0.3) is 5.91 Å². The number of carbonyl (C=O) groups excluding carboxylic acids is 1. The monoisotopic (exact) mass is 412 g/mol. The second-order valence-corrected chi connectivity index (χ2v) is 10.0. The topological polar surface area (TPSA) is 93.1 Å². The predicted octanol–water partition coefficient (Wildman–Crippen LogP) is 2.49. The van der Waals surface area contributed by atoms with Crippen LogP contribution < -0.4 is 10.6 Å². The van der Waals surface area contributed by atoms with E-state index in [1.807, 2.05) is 43.4 Å². The number of carbonyl (C=O) groups is 1. The zero-order chi connectivity index (χ0) is 20.6. The molecular formula is C21H24N4O3S. The van der Waals surface area contributed by atoms with Crippen LogP contribution >= 0.6 is 0 Å². The van der Waals surface area contributed by atoms with Crippen molar-refractivity contribution in [2.75, 3.05) is 16.8 Å². The fourth-order valence-electron chi connectivity index (χ4n) is 3.73. The third kappa shape index (κ3) is 4.12. The zero-order valence-corrected chi connectivity index (χ0v) is 17.3. The number of aromatic nitrogens is 2. The van der Waals surface area contributed by atoms with Crippen LogP contribution in [0.25, 0.3) is 11.0 Å². The number of sulfone groups is 1. The lowest BCUT2D eigenvalue weighted by molar-refractivity contribution is 0.0915. The Morgan fingerprint density at radius 3 is 2.55 bits per heavy atom. The fourth-order valence-corrected chi connectivity index (χ4v) is 5.82. The Balaban J connectivity index is 1.40. The van der Waals surface area contributed by atoms with E-state index in [1.165, 1.54) is 0 Å². The van der Waals surface area contributed by atoms with Crippen molar-refractivity contribution in [2.24, 2.45) is 7.05 Å². The minimum Gasteiger partial charge on any atom is -0.378 e. The molecule has 2 N–H and O–H groups in total. The highest BCUT2D eigenvalue weighted by Gasteiger charge is 2.39. The number of amides is 1. The molecule has 1 unspecified atom stereocenters. The van der Waals surface area contributed by atoms with Gasteiger partial charge in [-0.1, -0.05) is 12.1 Å². The van der Waals surface area contributed by atoms with Crippen molar-refractivity contribution in [3.63, 3.8) is 0 Å². The fraction of sp³-hybridized carbons (Fsp3) is 0.333. The molecule has 0 saturated carbocycles. The first-order chi connectivity index (χ1) is 13.7. The van der Waals surface area contributed by atoms with Gasteiger partial charge < -0.3 is 15.2 Å². The first kappa shape index (κ1) is 19.4. The van der Waals surface area contributed by atoms with Crippen LogP contribution in [-0.4, -0.2) is 40.9 Å². The third-order valence-electron chi connectivity index (χ3n) is 5.40. The van der Waals surface area contributed by atoms with Crippen molar-refractivity contribution >= 4 is 32.5 Å². The SMILES string of the molecule is Cn1c(CNc2ccc(C(=O)NC3(C)CCS(=O)(=O)C3)cc2)nc2ccccc21. The second-order valence-electron chi connectivity index (χ2n) is 7.86. The number of hydrogen-bond donors (Lipinski definition) is 2. The van der Waals surface area contributed by atoms with Gasteiger partial charge in [0.15, 0.2) is 9.84 Å². The summed E-state index contributed by atoms with van der Waals surface area (Å²) in [5.74, 6) is 0.771. The number of nitrogens with zero attached hydrogens (tertiary/aromatic N) is 2. The number of fused-ring (bicyclic) bond motifs is 1. The van der Waals surface area contributed by atoms with Crippen molar-refractivity contribution < 1.29 is 13.2 Å². The van der Waals surface area contributed by atoms with Crippen LogP contribution in [0, 0.1) is 0 Å². The van der Waals surface area contributed by atoms with Crippen LogP contribution in [0.1, 0.15) is 29.5 Å². The largest absolute Gasteiger partial charge is 0.378 e. The maximum atomic E-state index is 12.5. The molecule has 29 heavy (non-hydrogen) atoms. The van der Waals surface area contributed by atoms with Crippen molar-refractivity contribution in [3.05, 3.63) is 59.9 Å². The number of hydrogen-bond acceptors (Lipinski definition) is 5. The lowest BCUT2D eigenvalue weighted by Crippen LogP contribution is -2.46. The lowest BCUT2D eigenvalue weighted by Gasteiger charge is -2.23. The van der Waals surface area contributed by atoms with Crippen LogP contribution in [0.4, 0.5) is 5.69 Å². The van der Waals surface area contributed by atoms with E-state index in [0.717, 1.165) is 22.5 Å². The molecule has 1 aliphatic rings. The standard InChI is InChI=1S/C21H24N4O3S/c1-21(11-12-29(27,28)14-21)24-20(26)15-7-9-16(10-8-15)22-13-19-23-17-5-3-4-6-18(17)25(19)2/h3-10,22H,11-14H2,1-2H3,(H,24,26). The van der Waals surface area contributed by atoms with Gasteiger partial charge in [-0.2, -0.15) is 0 Å². The molecule has 1 fully saturated rings. The molecule has 1 amide bonds. The minimum absolute atomic E-state index is 0.0105. The van der Waals surface area contributed by atoms with Crippen LogP contribution in [0.15, 0.2) is 48.5 Å². The van der Waals surface area contributed by atoms with E-state index in [1.54, 1.807) is 19.1 Å². The highest BCUT2D eigenvalue weighted by atomic mass is 32.2. The molecule has 3 aromatic rings. The van der Waals surface area contributed by atoms with Crippen molar-refractivity contribution in [2.45, 2.75) is 25.4 Å². The van der Waals surface area contributed by atoms with E-state index in [2.05, 4.69) is 20.2 Å². The van der Waals surface area contributed by atoms with E-state index >= 15 is 0 Å². The molecule has 4 rings (SSSR count). The second kappa shape index (κ2) is 7.18. The molecule has 0 aliphatic carbocycles. The summed E-state index contributed by atoms with van der Waals surface area (Å²) < 4.78 is 25.5. The van der Waals surface area contributed by atoms with Crippen LogP contribution in [-0.2, 0) is 23.4 Å². The van der Waals surface area contributed by atoms with E-state index in [0.29, 0.717) is 18.5 Å². The number of anilines is 1. The molecule has 0 bridgehead atoms. The molecule has 1 aliphatic heterocycles. The van der Waals surface area contributed by atoms with Gasteiger partial charge in [-0.05, 0) is 49.7 Å². The van der Waals surface area contributed by atoms with Crippen LogP contribution in [0.3, 0.4) is 0 Å². The highest BCUT2D eigenvalue weighted by molar-refractivity contribution is 7.91. The lowest BCUT2D eigenvalue weighted by atomic mass is 10.0. The molecule has 2 aromatic carbocycles. The molecule has 0 spiro atoms. The average Bonchev–Trinajstić information content (AvgIpc) is 3.16. The molecule has 2 heterocycles. The molecule has 7 nitrogen and oxygen atoms in total. The number of nitrogens with one attached hydrogen (secondary N) is 2. The van der Waals surface area contributed by atoms with Crippen molar-refractivity contribution in [3.8, 4) is 0 Å². The Morgan fingerprint density at radius 1 is 1.17 bits per heavy atom. The predicted molar refractivity (Wildman–Crippen MR) is 114 cm³/mol. The maximum absolute atomic E-state index is 12.5. The third-order valence-corrected chi connectivity index (χ3v) is 7.30. The Morgan fingerprint density at radius 2 is 1.90 bits per heavy atom. The minimum atomic E-state index is -3.07. The van der Waals surface area contributed by atoms with E-state index in [4.69, 9.17) is 0 Å². The summed E-state index contributed by atoms with van der Waals surface area (Å²) >= 11 is 0. The summed E-state index contributed by atoms with van der Waals surface area (Å²) in [7, 11) is -1.08. The van der Waals surface area contributed by atoms with E-state index in [-0.39, 0.29) is 17.4 Å².